The molecule has 1 atom stereocenters. The molecule has 3 N–H and O–H groups in total. The largest absolute Gasteiger partial charge is 0.481 e. The van der Waals surface area contributed by atoms with Gasteiger partial charge in [-0.1, -0.05) is 61.4 Å². The fourth-order valence-corrected chi connectivity index (χ4v) is 5.54. The molecule has 2 amide bonds. The van der Waals surface area contributed by atoms with Crippen LogP contribution in [-0.2, 0) is 14.3 Å². The molecule has 2 aliphatic rings. The number of amides is 2. The van der Waals surface area contributed by atoms with Crippen molar-refractivity contribution in [3.05, 3.63) is 59.7 Å². The summed E-state index contributed by atoms with van der Waals surface area (Å²) in [5, 5.41) is 14.8. The van der Waals surface area contributed by atoms with Crippen molar-refractivity contribution in [1.29, 1.82) is 0 Å². The summed E-state index contributed by atoms with van der Waals surface area (Å²) in [5.74, 6) is -1.08. The Morgan fingerprint density at radius 2 is 1.57 bits per heavy atom. The molecular formula is C28H34N2O5. The Labute approximate surface area is 206 Å². The van der Waals surface area contributed by atoms with E-state index in [1.165, 1.54) is 11.1 Å². The van der Waals surface area contributed by atoms with Crippen molar-refractivity contribution >= 4 is 18.0 Å². The Kier molecular flexibility index (Phi) is 7.43. The number of hydrogen-bond acceptors (Lipinski definition) is 4. The number of alkyl carbamates (subject to hydrolysis) is 1. The number of aliphatic carboxylic acids is 1. The number of nitrogens with one attached hydrogen (secondary N) is 2. The molecule has 0 aromatic heterocycles. The number of carbonyl (C=O) groups is 3. The molecule has 2 aromatic carbocycles. The first-order valence-electron chi connectivity index (χ1n) is 12.4. The van der Waals surface area contributed by atoms with Crippen molar-refractivity contribution in [2.45, 2.75) is 69.9 Å². The summed E-state index contributed by atoms with van der Waals surface area (Å²) in [6, 6.07) is 16.0. The quantitative estimate of drug-likeness (QED) is 0.478. The van der Waals surface area contributed by atoms with E-state index in [-0.39, 0.29) is 43.2 Å². The van der Waals surface area contributed by atoms with E-state index in [1.54, 1.807) is 13.8 Å². The molecule has 0 radical (unpaired) electrons. The smallest absolute Gasteiger partial charge is 0.407 e. The first kappa shape index (κ1) is 24.8. The number of hydrogen-bond donors (Lipinski definition) is 3. The summed E-state index contributed by atoms with van der Waals surface area (Å²) in [5.41, 5.74) is 3.76. The van der Waals surface area contributed by atoms with Gasteiger partial charge in [-0.25, -0.2) is 4.79 Å². The summed E-state index contributed by atoms with van der Waals surface area (Å²) < 4.78 is 5.71. The maximum atomic E-state index is 12.9. The molecule has 1 unspecified atom stereocenters. The molecule has 7 nitrogen and oxygen atoms in total. The van der Waals surface area contributed by atoms with Gasteiger partial charge in [0.15, 0.2) is 0 Å². The van der Waals surface area contributed by atoms with Crippen LogP contribution < -0.4 is 10.6 Å². The zero-order valence-electron chi connectivity index (χ0n) is 20.4. The third kappa shape index (κ3) is 6.02. The van der Waals surface area contributed by atoms with Crippen LogP contribution in [0.2, 0.25) is 0 Å². The number of fused-ring (bicyclic) bond motifs is 3. The summed E-state index contributed by atoms with van der Waals surface area (Å²) in [6.45, 7) is 3.58. The highest BCUT2D eigenvalue weighted by Gasteiger charge is 2.33. The molecule has 7 heteroatoms. The zero-order chi connectivity index (χ0) is 25.0. The highest BCUT2D eigenvalue weighted by molar-refractivity contribution is 5.80. The van der Waals surface area contributed by atoms with Gasteiger partial charge in [0.25, 0.3) is 0 Å². The summed E-state index contributed by atoms with van der Waals surface area (Å²) in [4.78, 5) is 36.7. The minimum Gasteiger partial charge on any atom is -0.481 e. The minimum absolute atomic E-state index is 0.0294. The lowest BCUT2D eigenvalue weighted by molar-refractivity contribution is -0.138. The van der Waals surface area contributed by atoms with Gasteiger partial charge in [-0.15, -0.1) is 0 Å². The molecule has 2 aliphatic carbocycles. The molecule has 0 saturated heterocycles. The lowest BCUT2D eigenvalue weighted by Crippen LogP contribution is -2.49. The molecule has 35 heavy (non-hydrogen) atoms. The fourth-order valence-electron chi connectivity index (χ4n) is 5.54. The van der Waals surface area contributed by atoms with Gasteiger partial charge in [-0.2, -0.15) is 0 Å². The van der Waals surface area contributed by atoms with E-state index in [4.69, 9.17) is 9.84 Å². The van der Waals surface area contributed by atoms with E-state index >= 15 is 0 Å². The summed E-state index contributed by atoms with van der Waals surface area (Å²) in [7, 11) is 0. The molecule has 4 rings (SSSR count). The fraction of sp³-hybridized carbons (Fsp3) is 0.464. The Morgan fingerprint density at radius 1 is 1.00 bits per heavy atom. The normalized spacial score (nSPS) is 16.3. The van der Waals surface area contributed by atoms with Crippen LogP contribution in [-0.4, -0.2) is 41.3 Å². The van der Waals surface area contributed by atoms with E-state index in [0.29, 0.717) is 0 Å². The average molecular weight is 479 g/mol. The predicted molar refractivity (Wildman–Crippen MR) is 133 cm³/mol. The molecule has 1 fully saturated rings. The van der Waals surface area contributed by atoms with Crippen LogP contribution in [0.25, 0.3) is 11.1 Å². The number of benzene rings is 2. The molecule has 186 valence electrons. The Hall–Kier alpha value is -3.35. The second-order valence-corrected chi connectivity index (χ2v) is 10.3. The molecule has 0 aliphatic heterocycles. The van der Waals surface area contributed by atoms with Gasteiger partial charge in [0.1, 0.15) is 6.61 Å². The Balaban J connectivity index is 1.39. The lowest BCUT2D eigenvalue weighted by atomic mass is 9.94. The van der Waals surface area contributed by atoms with E-state index in [9.17, 15) is 14.4 Å². The van der Waals surface area contributed by atoms with Gasteiger partial charge in [0, 0.05) is 23.9 Å². The second kappa shape index (κ2) is 10.5. The Bertz CT molecular complexity index is 1040. The number of carbonyl (C=O) groups excluding carboxylic acids is 2. The molecular weight excluding hydrogens is 444 g/mol. The van der Waals surface area contributed by atoms with Gasteiger partial charge in [0.2, 0.25) is 5.91 Å². The maximum absolute atomic E-state index is 12.9. The van der Waals surface area contributed by atoms with E-state index < -0.39 is 17.6 Å². The van der Waals surface area contributed by atoms with Gasteiger partial charge < -0.3 is 20.5 Å². The van der Waals surface area contributed by atoms with Gasteiger partial charge in [-0.3, -0.25) is 9.59 Å². The van der Waals surface area contributed by atoms with Crippen LogP contribution in [0.1, 0.15) is 69.4 Å². The topological polar surface area (TPSA) is 105 Å². The lowest BCUT2D eigenvalue weighted by Gasteiger charge is -2.28. The average Bonchev–Trinajstić information content (AvgIpc) is 3.43. The van der Waals surface area contributed by atoms with Gasteiger partial charge in [-0.05, 0) is 54.9 Å². The third-order valence-electron chi connectivity index (χ3n) is 7.09. The molecule has 1 saturated carbocycles. The van der Waals surface area contributed by atoms with E-state index in [0.717, 1.165) is 36.8 Å². The van der Waals surface area contributed by atoms with E-state index in [1.807, 2.05) is 24.3 Å². The molecule has 0 spiro atoms. The zero-order valence-corrected chi connectivity index (χ0v) is 20.4. The number of rotatable bonds is 9. The van der Waals surface area contributed by atoms with Crippen LogP contribution in [0.15, 0.2) is 48.5 Å². The Morgan fingerprint density at radius 3 is 2.14 bits per heavy atom. The van der Waals surface area contributed by atoms with Crippen LogP contribution in [0.5, 0.6) is 0 Å². The second-order valence-electron chi connectivity index (χ2n) is 10.3. The number of ether oxygens (including phenoxy) is 1. The number of carboxylic acid groups (broad SMARTS) is 1. The van der Waals surface area contributed by atoms with Crippen molar-refractivity contribution < 1.29 is 24.2 Å². The van der Waals surface area contributed by atoms with Crippen molar-refractivity contribution in [1.82, 2.24) is 10.6 Å². The van der Waals surface area contributed by atoms with Crippen molar-refractivity contribution in [3.63, 3.8) is 0 Å². The SMILES string of the molecule is CC(C)(CC(=O)O)NC(=O)CC(NC(=O)OCC1c2ccccc2-c2ccccc21)C1CCCC1. The molecule has 0 heterocycles. The maximum Gasteiger partial charge on any atom is 0.407 e. The van der Waals surface area contributed by atoms with Crippen molar-refractivity contribution in [2.75, 3.05) is 6.61 Å². The van der Waals surface area contributed by atoms with E-state index in [2.05, 4.69) is 34.9 Å². The molecule has 0 bridgehead atoms. The summed E-state index contributed by atoms with van der Waals surface area (Å²) >= 11 is 0. The summed E-state index contributed by atoms with van der Waals surface area (Å²) in [6.07, 6.45) is 3.42. The highest BCUT2D eigenvalue weighted by atomic mass is 16.5. The van der Waals surface area contributed by atoms with Crippen LogP contribution in [0, 0.1) is 5.92 Å². The van der Waals surface area contributed by atoms with Gasteiger partial charge in [0.05, 0.1) is 6.42 Å². The first-order chi connectivity index (χ1) is 16.7. The highest BCUT2D eigenvalue weighted by Crippen LogP contribution is 2.44. The van der Waals surface area contributed by atoms with Crippen molar-refractivity contribution in [2.24, 2.45) is 5.92 Å². The first-order valence-corrected chi connectivity index (χ1v) is 12.4. The van der Waals surface area contributed by atoms with Crippen LogP contribution >= 0.6 is 0 Å². The molecule has 2 aromatic rings. The van der Waals surface area contributed by atoms with Crippen LogP contribution in [0.4, 0.5) is 4.79 Å². The third-order valence-corrected chi connectivity index (χ3v) is 7.09. The standard InChI is InChI=1S/C28H34N2O5/c1-28(2,16-26(32)33)30-25(31)15-24(18-9-3-4-10-18)29-27(34)35-17-23-21-13-7-5-11-19(21)20-12-6-8-14-22(20)23/h5-8,11-14,18,23-24H,3-4,9-10,15-17H2,1-2H3,(H,29,34)(H,30,31)(H,32,33). The van der Waals surface area contributed by atoms with Gasteiger partial charge >= 0.3 is 12.1 Å². The van der Waals surface area contributed by atoms with Crippen LogP contribution in [0.3, 0.4) is 0 Å². The predicted octanol–water partition coefficient (Wildman–Crippen LogP) is 4.84. The minimum atomic E-state index is -0.973. The van der Waals surface area contributed by atoms with Crippen molar-refractivity contribution in [3.8, 4) is 11.1 Å². The number of carboxylic acids is 1. The monoisotopic (exact) mass is 478 g/mol.